The third kappa shape index (κ3) is 1.92. The maximum absolute atomic E-state index is 5.65. The fourth-order valence-electron chi connectivity index (χ4n) is 1.47. The minimum atomic E-state index is 0.466. The molecule has 0 unspecified atom stereocenters. The van der Waals surface area contributed by atoms with Gasteiger partial charge in [0.05, 0.1) is 11.9 Å². The molecule has 0 atom stereocenters. The molecule has 2 rings (SSSR count). The Kier molecular flexibility index (Phi) is 2.35. The molecular formula is C8H14N4O. The monoisotopic (exact) mass is 182 g/mol. The second-order valence-corrected chi connectivity index (χ2v) is 3.23. The van der Waals surface area contributed by atoms with Crippen LogP contribution in [-0.2, 0) is 4.74 Å². The fourth-order valence-corrected chi connectivity index (χ4v) is 1.47. The number of anilines is 2. The summed E-state index contributed by atoms with van der Waals surface area (Å²) in [6, 6.07) is 0.466. The highest BCUT2D eigenvalue weighted by atomic mass is 16.5. The van der Waals surface area contributed by atoms with Gasteiger partial charge in [0.15, 0.2) is 0 Å². The van der Waals surface area contributed by atoms with Crippen LogP contribution in [0.5, 0.6) is 0 Å². The number of hydrogen-bond acceptors (Lipinski definition) is 4. The summed E-state index contributed by atoms with van der Waals surface area (Å²) in [5, 5.41) is 9.87. The van der Waals surface area contributed by atoms with Crippen LogP contribution in [0, 0.1) is 0 Å². The van der Waals surface area contributed by atoms with Crippen molar-refractivity contribution in [1.82, 2.24) is 10.2 Å². The van der Waals surface area contributed by atoms with Gasteiger partial charge in [0.1, 0.15) is 5.82 Å². The first kappa shape index (κ1) is 8.37. The number of aromatic nitrogens is 2. The van der Waals surface area contributed by atoms with Gasteiger partial charge in [0, 0.05) is 19.3 Å². The zero-order chi connectivity index (χ0) is 9.10. The molecule has 5 heteroatoms. The third-order valence-electron chi connectivity index (χ3n) is 2.25. The number of rotatable bonds is 2. The first-order valence-corrected chi connectivity index (χ1v) is 4.49. The Morgan fingerprint density at radius 2 is 2.31 bits per heavy atom. The van der Waals surface area contributed by atoms with Gasteiger partial charge >= 0.3 is 0 Å². The maximum Gasteiger partial charge on any atom is 0.142 e. The quantitative estimate of drug-likeness (QED) is 0.625. The molecule has 0 bridgehead atoms. The van der Waals surface area contributed by atoms with Gasteiger partial charge in [-0.05, 0) is 12.8 Å². The average molecular weight is 182 g/mol. The van der Waals surface area contributed by atoms with Crippen molar-refractivity contribution in [3.05, 3.63) is 6.20 Å². The van der Waals surface area contributed by atoms with Crippen LogP contribution in [-0.4, -0.2) is 29.5 Å². The van der Waals surface area contributed by atoms with Crippen LogP contribution in [0.25, 0.3) is 0 Å². The number of aromatic amines is 1. The fraction of sp³-hybridized carbons (Fsp3) is 0.625. The molecule has 13 heavy (non-hydrogen) atoms. The zero-order valence-corrected chi connectivity index (χ0v) is 7.42. The van der Waals surface area contributed by atoms with Crippen molar-refractivity contribution in [3.63, 3.8) is 0 Å². The Morgan fingerprint density at radius 3 is 2.92 bits per heavy atom. The second kappa shape index (κ2) is 3.66. The molecule has 0 amide bonds. The maximum atomic E-state index is 5.65. The van der Waals surface area contributed by atoms with E-state index in [0.717, 1.165) is 31.7 Å². The van der Waals surface area contributed by atoms with Crippen LogP contribution in [0.2, 0.25) is 0 Å². The molecule has 0 saturated carbocycles. The van der Waals surface area contributed by atoms with E-state index < -0.39 is 0 Å². The summed E-state index contributed by atoms with van der Waals surface area (Å²) >= 11 is 0. The lowest BCUT2D eigenvalue weighted by Gasteiger charge is -2.23. The highest BCUT2D eigenvalue weighted by Gasteiger charge is 2.14. The van der Waals surface area contributed by atoms with E-state index in [1.165, 1.54) is 0 Å². The van der Waals surface area contributed by atoms with E-state index in [0.29, 0.717) is 11.9 Å². The molecule has 72 valence electrons. The van der Waals surface area contributed by atoms with E-state index in [1.54, 1.807) is 6.20 Å². The van der Waals surface area contributed by atoms with E-state index in [4.69, 9.17) is 10.5 Å². The van der Waals surface area contributed by atoms with Crippen molar-refractivity contribution in [2.24, 2.45) is 0 Å². The van der Waals surface area contributed by atoms with Crippen LogP contribution in [0.15, 0.2) is 6.20 Å². The minimum Gasteiger partial charge on any atom is -0.382 e. The topological polar surface area (TPSA) is 76.0 Å². The molecule has 2 heterocycles. The molecule has 0 aromatic carbocycles. The lowest BCUT2D eigenvalue weighted by molar-refractivity contribution is 0.0904. The van der Waals surface area contributed by atoms with Crippen LogP contribution < -0.4 is 11.1 Å². The Bertz CT molecular complexity index is 267. The highest BCUT2D eigenvalue weighted by Crippen LogP contribution is 2.18. The molecule has 5 nitrogen and oxygen atoms in total. The third-order valence-corrected chi connectivity index (χ3v) is 2.25. The average Bonchev–Trinajstić information content (AvgIpc) is 2.54. The Hall–Kier alpha value is -1.23. The number of H-pyrrole nitrogens is 1. The summed E-state index contributed by atoms with van der Waals surface area (Å²) < 4.78 is 5.25. The lowest BCUT2D eigenvalue weighted by Crippen LogP contribution is -2.27. The van der Waals surface area contributed by atoms with Crippen LogP contribution in [0.1, 0.15) is 12.8 Å². The number of hydrogen-bond donors (Lipinski definition) is 3. The summed E-state index contributed by atoms with van der Waals surface area (Å²) in [5.74, 6) is 0.603. The van der Waals surface area contributed by atoms with Crippen LogP contribution >= 0.6 is 0 Å². The normalized spacial score (nSPS) is 18.8. The smallest absolute Gasteiger partial charge is 0.142 e. The molecule has 0 aliphatic carbocycles. The number of ether oxygens (including phenoxy) is 1. The summed E-state index contributed by atoms with van der Waals surface area (Å²) in [4.78, 5) is 0. The zero-order valence-electron chi connectivity index (χ0n) is 7.42. The summed E-state index contributed by atoms with van der Waals surface area (Å²) in [7, 11) is 0. The van der Waals surface area contributed by atoms with Crippen molar-refractivity contribution < 1.29 is 4.74 Å². The van der Waals surface area contributed by atoms with Crippen LogP contribution in [0.4, 0.5) is 11.5 Å². The van der Waals surface area contributed by atoms with Gasteiger partial charge in [0.25, 0.3) is 0 Å². The summed E-state index contributed by atoms with van der Waals surface area (Å²) in [6.07, 6.45) is 3.78. The predicted octanol–water partition coefficient (Wildman–Crippen LogP) is 0.583. The molecule has 0 radical (unpaired) electrons. The summed E-state index contributed by atoms with van der Waals surface area (Å²) in [6.45, 7) is 1.66. The van der Waals surface area contributed by atoms with Crippen molar-refractivity contribution in [1.29, 1.82) is 0 Å². The molecule has 1 aliphatic rings. The van der Waals surface area contributed by atoms with Gasteiger partial charge in [-0.3, -0.25) is 5.10 Å². The molecule has 0 spiro atoms. The second-order valence-electron chi connectivity index (χ2n) is 3.23. The SMILES string of the molecule is Nc1[nH]ncc1NC1CCOCC1. The predicted molar refractivity (Wildman–Crippen MR) is 50.5 cm³/mol. The Morgan fingerprint density at radius 1 is 1.54 bits per heavy atom. The molecule has 1 fully saturated rings. The van der Waals surface area contributed by atoms with E-state index in [1.807, 2.05) is 0 Å². The van der Waals surface area contributed by atoms with Crippen molar-refractivity contribution >= 4 is 11.5 Å². The Balaban J connectivity index is 1.93. The number of nitrogen functional groups attached to an aromatic ring is 1. The first-order chi connectivity index (χ1) is 6.36. The standard InChI is InChI=1S/C8H14N4O/c9-8-7(5-10-12-8)11-6-1-3-13-4-2-6/h5-6,11H,1-4H2,(H3,9,10,12). The van der Waals surface area contributed by atoms with E-state index >= 15 is 0 Å². The van der Waals surface area contributed by atoms with Crippen LogP contribution in [0.3, 0.4) is 0 Å². The molecular weight excluding hydrogens is 168 g/mol. The molecule has 1 aromatic heterocycles. The van der Waals surface area contributed by atoms with Gasteiger partial charge in [-0.15, -0.1) is 0 Å². The Labute approximate surface area is 76.7 Å². The first-order valence-electron chi connectivity index (χ1n) is 4.49. The van der Waals surface area contributed by atoms with Crippen molar-refractivity contribution in [3.8, 4) is 0 Å². The number of nitrogens with zero attached hydrogens (tertiary/aromatic N) is 1. The minimum absolute atomic E-state index is 0.466. The van der Waals surface area contributed by atoms with Gasteiger partial charge in [0.2, 0.25) is 0 Å². The lowest BCUT2D eigenvalue weighted by atomic mass is 10.1. The van der Waals surface area contributed by atoms with E-state index in [-0.39, 0.29) is 0 Å². The van der Waals surface area contributed by atoms with E-state index in [9.17, 15) is 0 Å². The number of nitrogens with two attached hydrogens (primary N) is 1. The molecule has 1 saturated heterocycles. The summed E-state index contributed by atoms with van der Waals surface area (Å²) in [5.41, 5.74) is 6.54. The highest BCUT2D eigenvalue weighted by molar-refractivity contribution is 5.60. The van der Waals surface area contributed by atoms with Gasteiger partial charge in [-0.25, -0.2) is 0 Å². The largest absolute Gasteiger partial charge is 0.382 e. The number of nitrogens with one attached hydrogen (secondary N) is 2. The molecule has 4 N–H and O–H groups in total. The van der Waals surface area contributed by atoms with Gasteiger partial charge in [-0.2, -0.15) is 5.10 Å². The van der Waals surface area contributed by atoms with Gasteiger partial charge < -0.3 is 15.8 Å². The molecule has 1 aromatic rings. The van der Waals surface area contributed by atoms with Crippen molar-refractivity contribution in [2.45, 2.75) is 18.9 Å². The van der Waals surface area contributed by atoms with Gasteiger partial charge in [-0.1, -0.05) is 0 Å². The van der Waals surface area contributed by atoms with Crippen molar-refractivity contribution in [2.75, 3.05) is 24.3 Å². The van der Waals surface area contributed by atoms with E-state index in [2.05, 4.69) is 15.5 Å². The molecule has 1 aliphatic heterocycles.